The number of hydrogen-bond donors (Lipinski definition) is 1. The van der Waals surface area contributed by atoms with Crippen molar-refractivity contribution in [3.05, 3.63) is 12.2 Å². The van der Waals surface area contributed by atoms with Gasteiger partial charge in [0.1, 0.15) is 12.2 Å². The number of rotatable bonds is 5. The lowest BCUT2D eigenvalue weighted by atomic mass is 10.1. The normalized spacial score (nSPS) is 17.8. The van der Waals surface area contributed by atoms with Crippen LogP contribution in [0.3, 0.4) is 0 Å². The van der Waals surface area contributed by atoms with Crippen molar-refractivity contribution >= 4 is 11.8 Å². The van der Waals surface area contributed by atoms with E-state index in [2.05, 4.69) is 38.8 Å². The molecule has 5 heteroatoms. The van der Waals surface area contributed by atoms with Gasteiger partial charge in [-0.25, -0.2) is 0 Å². The van der Waals surface area contributed by atoms with Crippen LogP contribution in [0.5, 0.6) is 0 Å². The van der Waals surface area contributed by atoms with Crippen molar-refractivity contribution in [2.45, 2.75) is 38.8 Å². The fourth-order valence-corrected chi connectivity index (χ4v) is 3.14. The van der Waals surface area contributed by atoms with Crippen LogP contribution < -0.4 is 5.32 Å². The van der Waals surface area contributed by atoms with Crippen molar-refractivity contribution in [2.75, 3.05) is 18.1 Å². The monoisotopic (exact) mass is 240 g/mol. The maximum Gasteiger partial charge on any atom is 0.132 e. The van der Waals surface area contributed by atoms with E-state index in [1.165, 1.54) is 24.3 Å². The smallest absolute Gasteiger partial charge is 0.132 e. The molecule has 2 heterocycles. The van der Waals surface area contributed by atoms with Crippen LogP contribution >= 0.6 is 11.8 Å². The van der Waals surface area contributed by atoms with Crippen LogP contribution in [0, 0.1) is 0 Å². The van der Waals surface area contributed by atoms with Gasteiger partial charge in [0.05, 0.1) is 0 Å². The van der Waals surface area contributed by atoms with Crippen molar-refractivity contribution < 1.29 is 0 Å². The molecule has 0 saturated carbocycles. The molecule has 16 heavy (non-hydrogen) atoms. The molecule has 0 radical (unpaired) electrons. The summed E-state index contributed by atoms with van der Waals surface area (Å²) in [5.74, 6) is 3.70. The molecule has 0 atom stereocenters. The van der Waals surface area contributed by atoms with Gasteiger partial charge in [0, 0.05) is 25.6 Å². The molecule has 1 N–H and O–H groups in total. The second-order valence-electron chi connectivity index (χ2n) is 4.13. The van der Waals surface area contributed by atoms with Crippen molar-refractivity contribution in [2.24, 2.45) is 0 Å². The molecule has 1 aliphatic heterocycles. The standard InChI is InChI=1S/C11H20N4S/c1-2-11-14-13-9-15(11)6-5-12-10-3-7-16-8-4-10/h9-10,12H,2-8H2,1H3. The molecule has 1 aliphatic rings. The summed E-state index contributed by atoms with van der Waals surface area (Å²) in [7, 11) is 0. The third kappa shape index (κ3) is 3.22. The van der Waals surface area contributed by atoms with E-state index in [9.17, 15) is 0 Å². The Balaban J connectivity index is 1.71. The molecular formula is C11H20N4S. The van der Waals surface area contributed by atoms with E-state index in [0.29, 0.717) is 0 Å². The largest absolute Gasteiger partial charge is 0.316 e. The third-order valence-electron chi connectivity index (χ3n) is 3.02. The number of aryl methyl sites for hydroxylation is 1. The molecule has 2 rings (SSSR count). The molecule has 4 nitrogen and oxygen atoms in total. The fraction of sp³-hybridized carbons (Fsp3) is 0.818. The van der Waals surface area contributed by atoms with Crippen molar-refractivity contribution in [1.29, 1.82) is 0 Å². The molecule has 1 fully saturated rings. The summed E-state index contributed by atoms with van der Waals surface area (Å²) in [6, 6.07) is 0.725. The maximum absolute atomic E-state index is 4.08. The molecule has 1 aromatic rings. The first-order valence-corrected chi connectivity index (χ1v) is 7.23. The van der Waals surface area contributed by atoms with E-state index in [1.807, 2.05) is 6.33 Å². The Bertz CT molecular complexity index is 307. The quantitative estimate of drug-likeness (QED) is 0.843. The predicted octanol–water partition coefficient (Wildman–Crippen LogP) is 1.33. The Morgan fingerprint density at radius 1 is 1.50 bits per heavy atom. The van der Waals surface area contributed by atoms with E-state index in [-0.39, 0.29) is 0 Å². The van der Waals surface area contributed by atoms with Gasteiger partial charge in [0.25, 0.3) is 0 Å². The van der Waals surface area contributed by atoms with Crippen LogP contribution in [0.1, 0.15) is 25.6 Å². The Morgan fingerprint density at radius 2 is 2.31 bits per heavy atom. The van der Waals surface area contributed by atoms with Gasteiger partial charge in [-0.15, -0.1) is 10.2 Å². The summed E-state index contributed by atoms with van der Waals surface area (Å²) >= 11 is 2.07. The van der Waals surface area contributed by atoms with Gasteiger partial charge in [-0.3, -0.25) is 0 Å². The van der Waals surface area contributed by atoms with Gasteiger partial charge in [-0.1, -0.05) is 6.92 Å². The molecule has 0 amide bonds. The maximum atomic E-state index is 4.08. The SMILES string of the molecule is CCc1nncn1CCNC1CCSCC1. The first-order valence-electron chi connectivity index (χ1n) is 6.08. The lowest BCUT2D eigenvalue weighted by molar-refractivity contribution is 0.460. The molecule has 1 aromatic heterocycles. The molecule has 0 unspecified atom stereocenters. The Labute approximate surface area is 101 Å². The van der Waals surface area contributed by atoms with Crippen LogP contribution in [0.25, 0.3) is 0 Å². The number of aromatic nitrogens is 3. The van der Waals surface area contributed by atoms with Crippen molar-refractivity contribution in [3.63, 3.8) is 0 Å². The fourth-order valence-electron chi connectivity index (χ4n) is 2.03. The van der Waals surface area contributed by atoms with Crippen LogP contribution in [0.2, 0.25) is 0 Å². The second-order valence-corrected chi connectivity index (χ2v) is 5.36. The molecule has 1 saturated heterocycles. The Hall–Kier alpha value is -0.550. The number of nitrogens with zero attached hydrogens (tertiary/aromatic N) is 3. The minimum Gasteiger partial charge on any atom is -0.316 e. The molecule has 0 aliphatic carbocycles. The zero-order valence-electron chi connectivity index (χ0n) is 9.85. The van der Waals surface area contributed by atoms with Crippen LogP contribution in [0.15, 0.2) is 6.33 Å². The van der Waals surface area contributed by atoms with Gasteiger partial charge < -0.3 is 9.88 Å². The van der Waals surface area contributed by atoms with E-state index in [1.54, 1.807) is 0 Å². The van der Waals surface area contributed by atoms with E-state index in [0.717, 1.165) is 31.4 Å². The highest BCUT2D eigenvalue weighted by Crippen LogP contribution is 2.16. The van der Waals surface area contributed by atoms with Gasteiger partial charge in [0.2, 0.25) is 0 Å². The summed E-state index contributed by atoms with van der Waals surface area (Å²) in [5.41, 5.74) is 0. The predicted molar refractivity (Wildman–Crippen MR) is 67.7 cm³/mol. The summed E-state index contributed by atoms with van der Waals surface area (Å²) < 4.78 is 2.14. The summed E-state index contributed by atoms with van der Waals surface area (Å²) in [4.78, 5) is 0. The number of hydrogen-bond acceptors (Lipinski definition) is 4. The molecule has 0 spiro atoms. The third-order valence-corrected chi connectivity index (χ3v) is 4.07. The Kier molecular flexibility index (Phi) is 4.66. The summed E-state index contributed by atoms with van der Waals surface area (Å²) in [5, 5.41) is 11.6. The number of thioether (sulfide) groups is 1. The summed E-state index contributed by atoms with van der Waals surface area (Å²) in [6.07, 6.45) is 5.41. The second kappa shape index (κ2) is 6.25. The zero-order chi connectivity index (χ0) is 11.2. The average Bonchev–Trinajstić information content (AvgIpc) is 2.78. The summed E-state index contributed by atoms with van der Waals surface area (Å²) in [6.45, 7) is 4.13. The van der Waals surface area contributed by atoms with Gasteiger partial charge >= 0.3 is 0 Å². The lowest BCUT2D eigenvalue weighted by Crippen LogP contribution is -2.34. The minimum atomic E-state index is 0.725. The van der Waals surface area contributed by atoms with Crippen molar-refractivity contribution in [1.82, 2.24) is 20.1 Å². The van der Waals surface area contributed by atoms with Gasteiger partial charge in [-0.05, 0) is 24.3 Å². The molecule has 0 bridgehead atoms. The van der Waals surface area contributed by atoms with Crippen molar-refractivity contribution in [3.8, 4) is 0 Å². The van der Waals surface area contributed by atoms with E-state index < -0.39 is 0 Å². The average molecular weight is 240 g/mol. The first kappa shape index (κ1) is 11.9. The highest BCUT2D eigenvalue weighted by atomic mass is 32.2. The Morgan fingerprint density at radius 3 is 3.06 bits per heavy atom. The molecule has 90 valence electrons. The molecular weight excluding hydrogens is 220 g/mol. The van der Waals surface area contributed by atoms with Crippen LogP contribution in [0.4, 0.5) is 0 Å². The number of nitrogens with one attached hydrogen (secondary N) is 1. The zero-order valence-corrected chi connectivity index (χ0v) is 10.7. The highest BCUT2D eigenvalue weighted by Gasteiger charge is 2.12. The highest BCUT2D eigenvalue weighted by molar-refractivity contribution is 7.99. The minimum absolute atomic E-state index is 0.725. The first-order chi connectivity index (χ1) is 7.90. The van der Waals surface area contributed by atoms with Crippen LogP contribution in [-0.4, -0.2) is 38.9 Å². The molecule has 0 aromatic carbocycles. The van der Waals surface area contributed by atoms with Gasteiger partial charge in [0.15, 0.2) is 0 Å². The van der Waals surface area contributed by atoms with E-state index >= 15 is 0 Å². The van der Waals surface area contributed by atoms with Gasteiger partial charge in [-0.2, -0.15) is 11.8 Å². The van der Waals surface area contributed by atoms with Crippen LogP contribution in [-0.2, 0) is 13.0 Å². The lowest BCUT2D eigenvalue weighted by Gasteiger charge is -2.22. The van der Waals surface area contributed by atoms with E-state index in [4.69, 9.17) is 0 Å². The topological polar surface area (TPSA) is 42.7 Å².